The van der Waals surface area contributed by atoms with Gasteiger partial charge in [-0.15, -0.1) is 0 Å². The van der Waals surface area contributed by atoms with Crippen molar-refractivity contribution in [2.45, 2.75) is 58.4 Å². The molecule has 0 radical (unpaired) electrons. The molecule has 8 heteroatoms. The lowest BCUT2D eigenvalue weighted by Crippen LogP contribution is -2.46. The molecule has 5 N–H and O–H groups in total. The first-order valence-electron chi connectivity index (χ1n) is 12.6. The highest BCUT2D eigenvalue weighted by Gasteiger charge is 2.24. The van der Waals surface area contributed by atoms with E-state index in [4.69, 9.17) is 22.1 Å². The number of aromatic carboxylic acids is 1. The largest absolute Gasteiger partial charge is 0.478 e. The predicted molar refractivity (Wildman–Crippen MR) is 149 cm³/mol. The van der Waals surface area contributed by atoms with Crippen LogP contribution < -0.4 is 11.1 Å². The molecule has 1 unspecified atom stereocenters. The Labute approximate surface area is 228 Å². The van der Waals surface area contributed by atoms with Gasteiger partial charge in [0.1, 0.15) is 5.82 Å². The summed E-state index contributed by atoms with van der Waals surface area (Å²) in [6.45, 7) is 7.87. The summed E-state index contributed by atoms with van der Waals surface area (Å²) in [6.07, 6.45) is -0.952. The van der Waals surface area contributed by atoms with Crippen molar-refractivity contribution in [2.75, 3.05) is 13.2 Å². The summed E-state index contributed by atoms with van der Waals surface area (Å²) >= 11 is 6.21. The molecule has 2 atom stereocenters. The highest BCUT2D eigenvalue weighted by molar-refractivity contribution is 6.31. The summed E-state index contributed by atoms with van der Waals surface area (Å²) in [4.78, 5) is 11.8. The van der Waals surface area contributed by atoms with Crippen LogP contribution in [-0.4, -0.2) is 41.0 Å². The second-order valence-electron chi connectivity index (χ2n) is 10.2. The number of β-amino-alcohol motifs (C(OH)–C–C–N with tert-alkyl or cyclic N) is 1. The molecule has 3 aromatic rings. The van der Waals surface area contributed by atoms with E-state index < -0.39 is 23.7 Å². The van der Waals surface area contributed by atoms with Crippen LogP contribution in [0, 0.1) is 12.7 Å². The minimum atomic E-state index is -1.00. The van der Waals surface area contributed by atoms with Crippen LogP contribution in [0.2, 0.25) is 5.02 Å². The Morgan fingerprint density at radius 3 is 2.47 bits per heavy atom. The lowest BCUT2D eigenvalue weighted by molar-refractivity contribution is -0.00424. The Morgan fingerprint density at radius 1 is 1.16 bits per heavy atom. The Kier molecular flexibility index (Phi) is 10.0. The zero-order chi connectivity index (χ0) is 28.0. The van der Waals surface area contributed by atoms with E-state index in [9.17, 15) is 19.4 Å². The van der Waals surface area contributed by atoms with Gasteiger partial charge in [-0.05, 0) is 85.7 Å². The number of ether oxygens (including phenoxy) is 1. The summed E-state index contributed by atoms with van der Waals surface area (Å²) in [7, 11) is 0. The number of carbonyl (C=O) groups is 1. The third-order valence-electron chi connectivity index (χ3n) is 6.66. The van der Waals surface area contributed by atoms with Crippen LogP contribution in [-0.2, 0) is 17.7 Å². The number of aliphatic hydroxyl groups is 1. The summed E-state index contributed by atoms with van der Waals surface area (Å²) in [5, 5.41) is 24.0. The van der Waals surface area contributed by atoms with Crippen LogP contribution in [0.1, 0.15) is 59.5 Å². The molecule has 0 fully saturated rings. The normalized spacial score (nSPS) is 13.4. The maximum atomic E-state index is 14.5. The van der Waals surface area contributed by atoms with Crippen molar-refractivity contribution in [1.82, 2.24) is 5.32 Å². The van der Waals surface area contributed by atoms with Gasteiger partial charge in [-0.2, -0.15) is 0 Å². The molecule has 0 heterocycles. The van der Waals surface area contributed by atoms with Gasteiger partial charge < -0.3 is 26.0 Å². The van der Waals surface area contributed by atoms with E-state index in [2.05, 4.69) is 5.32 Å². The monoisotopic (exact) mass is 542 g/mol. The smallest absolute Gasteiger partial charge is 0.335 e. The Morgan fingerprint density at radius 2 is 1.84 bits per heavy atom. The maximum Gasteiger partial charge on any atom is 0.335 e. The van der Waals surface area contributed by atoms with Crippen molar-refractivity contribution >= 4 is 17.6 Å². The van der Waals surface area contributed by atoms with E-state index in [1.165, 1.54) is 6.07 Å². The number of halogens is 2. The minimum Gasteiger partial charge on any atom is -0.478 e. The number of hydrogen-bond donors (Lipinski definition) is 4. The van der Waals surface area contributed by atoms with Gasteiger partial charge in [0.2, 0.25) is 0 Å². The number of hydrogen-bond acceptors (Lipinski definition) is 5. The van der Waals surface area contributed by atoms with Gasteiger partial charge in [0.05, 0.1) is 24.4 Å². The molecule has 6 nitrogen and oxygen atoms in total. The Hall–Kier alpha value is -2.81. The van der Waals surface area contributed by atoms with Gasteiger partial charge in [0.25, 0.3) is 0 Å². The van der Waals surface area contributed by atoms with Gasteiger partial charge >= 0.3 is 5.97 Å². The average molecular weight is 543 g/mol. The number of nitrogens with two attached hydrogens (primary N) is 1. The molecule has 0 aliphatic rings. The molecule has 0 spiro atoms. The molecule has 0 amide bonds. The zero-order valence-electron chi connectivity index (χ0n) is 22.2. The van der Waals surface area contributed by atoms with Gasteiger partial charge in [0.15, 0.2) is 0 Å². The van der Waals surface area contributed by atoms with E-state index in [1.807, 2.05) is 51.1 Å². The number of rotatable bonds is 12. The summed E-state index contributed by atoms with van der Waals surface area (Å²) < 4.78 is 20.6. The third-order valence-corrected chi connectivity index (χ3v) is 7.01. The molecule has 38 heavy (non-hydrogen) atoms. The molecule has 3 aromatic carbocycles. The highest BCUT2D eigenvalue weighted by Crippen LogP contribution is 2.34. The van der Waals surface area contributed by atoms with Crippen LogP contribution >= 0.6 is 11.6 Å². The number of aliphatic hydroxyl groups excluding tert-OH is 1. The second kappa shape index (κ2) is 12.8. The molecule has 0 aromatic heterocycles. The number of nitrogens with one attached hydrogen (secondary N) is 1. The molecular formula is C30H36ClFN2O4. The Balaban J connectivity index is 1.67. The lowest BCUT2D eigenvalue weighted by Gasteiger charge is -2.29. The number of carboxylic acids is 1. The van der Waals surface area contributed by atoms with Crippen molar-refractivity contribution < 1.29 is 24.1 Å². The molecule has 0 saturated carbocycles. The molecule has 204 valence electrons. The average Bonchev–Trinajstić information content (AvgIpc) is 2.88. The molecule has 0 bridgehead atoms. The molecule has 0 aliphatic carbocycles. The standard InChI is InChI=1S/C30H36ClFN2O4/c1-18-24(29(36)37)10-11-25(20-8-6-5-7-9-20)28(18)19(2)38-17-23(35)16-34-30(3,4)14-21-12-26(31)22(15-33)13-27(21)32/h5-13,19,23,34-35H,14-17,33H2,1-4H3,(H,36,37)/t19?,23-/m1/s1. The van der Waals surface area contributed by atoms with Crippen molar-refractivity contribution in [3.05, 3.63) is 93.3 Å². The van der Waals surface area contributed by atoms with Gasteiger partial charge in [-0.25, -0.2) is 9.18 Å². The topological polar surface area (TPSA) is 105 Å². The van der Waals surface area contributed by atoms with Crippen LogP contribution in [0.3, 0.4) is 0 Å². The zero-order valence-corrected chi connectivity index (χ0v) is 23.0. The Bertz CT molecular complexity index is 1270. The van der Waals surface area contributed by atoms with Crippen molar-refractivity contribution in [1.29, 1.82) is 0 Å². The molecule has 3 rings (SSSR count). The fraction of sp³-hybridized carbons (Fsp3) is 0.367. The number of benzene rings is 3. The van der Waals surface area contributed by atoms with Gasteiger partial charge in [-0.1, -0.05) is 48.0 Å². The molecule has 0 saturated heterocycles. The highest BCUT2D eigenvalue weighted by atomic mass is 35.5. The van der Waals surface area contributed by atoms with E-state index in [0.29, 0.717) is 28.1 Å². The molecular weight excluding hydrogens is 507 g/mol. The van der Waals surface area contributed by atoms with E-state index in [1.54, 1.807) is 25.1 Å². The van der Waals surface area contributed by atoms with Gasteiger partial charge in [0, 0.05) is 23.7 Å². The first-order chi connectivity index (χ1) is 17.9. The third kappa shape index (κ3) is 7.40. The lowest BCUT2D eigenvalue weighted by atomic mass is 9.90. The SMILES string of the molecule is Cc1c(C(=O)O)ccc(-c2ccccc2)c1C(C)OC[C@H](O)CNC(C)(C)Cc1cc(Cl)c(CN)cc1F. The quantitative estimate of drug-likeness (QED) is 0.235. The van der Waals surface area contributed by atoms with E-state index in [0.717, 1.165) is 16.7 Å². The summed E-state index contributed by atoms with van der Waals surface area (Å²) in [5.41, 5.74) is 9.53. The van der Waals surface area contributed by atoms with Crippen LogP contribution in [0.15, 0.2) is 54.6 Å². The van der Waals surface area contributed by atoms with Crippen LogP contribution in [0.4, 0.5) is 4.39 Å². The fourth-order valence-corrected chi connectivity index (χ4v) is 4.87. The maximum absolute atomic E-state index is 14.5. The summed E-state index contributed by atoms with van der Waals surface area (Å²) in [5.74, 6) is -1.37. The first-order valence-corrected chi connectivity index (χ1v) is 12.9. The number of carboxylic acid groups (broad SMARTS) is 1. The summed E-state index contributed by atoms with van der Waals surface area (Å²) in [6, 6.07) is 16.1. The van der Waals surface area contributed by atoms with E-state index in [-0.39, 0.29) is 31.1 Å². The molecule has 0 aliphatic heterocycles. The fourth-order valence-electron chi connectivity index (χ4n) is 4.61. The van der Waals surface area contributed by atoms with Crippen molar-refractivity contribution in [3.63, 3.8) is 0 Å². The first kappa shape index (κ1) is 29.7. The van der Waals surface area contributed by atoms with E-state index >= 15 is 0 Å². The van der Waals surface area contributed by atoms with Crippen LogP contribution in [0.5, 0.6) is 0 Å². The van der Waals surface area contributed by atoms with Crippen molar-refractivity contribution in [2.24, 2.45) is 5.73 Å². The van der Waals surface area contributed by atoms with Crippen molar-refractivity contribution in [3.8, 4) is 11.1 Å². The second-order valence-corrected chi connectivity index (χ2v) is 10.6. The minimum absolute atomic E-state index is 0.0284. The van der Waals surface area contributed by atoms with Gasteiger partial charge in [-0.3, -0.25) is 0 Å². The van der Waals surface area contributed by atoms with Crippen LogP contribution in [0.25, 0.3) is 11.1 Å². The predicted octanol–water partition coefficient (Wildman–Crippen LogP) is 5.66.